The van der Waals surface area contributed by atoms with Crippen molar-refractivity contribution in [2.75, 3.05) is 24.4 Å². The second kappa shape index (κ2) is 9.32. The van der Waals surface area contributed by atoms with Crippen molar-refractivity contribution in [2.24, 2.45) is 0 Å². The fourth-order valence-corrected chi connectivity index (χ4v) is 2.61. The van der Waals surface area contributed by atoms with E-state index in [1.165, 1.54) is 19.5 Å². The van der Waals surface area contributed by atoms with Gasteiger partial charge in [-0.25, -0.2) is 14.8 Å². The lowest BCUT2D eigenvalue weighted by atomic mass is 10.1. The van der Waals surface area contributed by atoms with Crippen molar-refractivity contribution < 1.29 is 19.1 Å². The fourth-order valence-electron chi connectivity index (χ4n) is 2.61. The summed E-state index contributed by atoms with van der Waals surface area (Å²) in [6.07, 6.45) is 1.28. The van der Waals surface area contributed by atoms with E-state index < -0.39 is 11.9 Å². The van der Waals surface area contributed by atoms with Crippen LogP contribution in [0.5, 0.6) is 5.75 Å². The second-order valence-electron chi connectivity index (χ2n) is 5.83. The summed E-state index contributed by atoms with van der Waals surface area (Å²) in [4.78, 5) is 32.7. The number of benzene rings is 2. The molecule has 29 heavy (non-hydrogen) atoms. The van der Waals surface area contributed by atoms with E-state index in [0.717, 1.165) is 5.69 Å². The topological polar surface area (TPSA) is 102 Å². The molecule has 0 unspecified atom stereocenters. The molecule has 8 nitrogen and oxygen atoms in total. The number of para-hydroxylation sites is 3. The highest BCUT2D eigenvalue weighted by Crippen LogP contribution is 2.26. The molecule has 148 valence electrons. The van der Waals surface area contributed by atoms with Crippen LogP contribution in [0.2, 0.25) is 0 Å². The number of amides is 1. The van der Waals surface area contributed by atoms with Gasteiger partial charge in [0, 0.05) is 6.07 Å². The van der Waals surface area contributed by atoms with Gasteiger partial charge < -0.3 is 20.1 Å². The number of hydrogen-bond acceptors (Lipinski definition) is 7. The molecule has 1 aromatic heterocycles. The minimum atomic E-state index is -0.543. The zero-order chi connectivity index (χ0) is 20.6. The van der Waals surface area contributed by atoms with Crippen LogP contribution in [0.4, 0.5) is 17.2 Å². The molecule has 0 saturated heterocycles. The number of nitrogens with one attached hydrogen (secondary N) is 2. The van der Waals surface area contributed by atoms with E-state index >= 15 is 0 Å². The van der Waals surface area contributed by atoms with Crippen molar-refractivity contribution >= 4 is 29.1 Å². The van der Waals surface area contributed by atoms with Crippen molar-refractivity contribution in [1.29, 1.82) is 0 Å². The maximum atomic E-state index is 12.6. The van der Waals surface area contributed by atoms with Crippen molar-refractivity contribution in [1.82, 2.24) is 9.97 Å². The number of aromatic nitrogens is 2. The van der Waals surface area contributed by atoms with Crippen LogP contribution in [-0.4, -0.2) is 35.6 Å². The van der Waals surface area contributed by atoms with Gasteiger partial charge in [-0.1, -0.05) is 24.3 Å². The lowest BCUT2D eigenvalue weighted by Gasteiger charge is -2.12. The largest absolute Gasteiger partial charge is 0.492 e. The number of methoxy groups -OCH3 is 1. The zero-order valence-electron chi connectivity index (χ0n) is 16.0. The van der Waals surface area contributed by atoms with Crippen molar-refractivity contribution in [2.45, 2.75) is 6.92 Å². The Bertz CT molecular complexity index is 1020. The van der Waals surface area contributed by atoms with Gasteiger partial charge in [-0.2, -0.15) is 0 Å². The molecule has 0 atom stereocenters. The lowest BCUT2D eigenvalue weighted by molar-refractivity contribution is 0.0602. The average Bonchev–Trinajstić information content (AvgIpc) is 2.75. The molecular formula is C21H20N4O4. The van der Waals surface area contributed by atoms with Crippen molar-refractivity contribution in [3.63, 3.8) is 0 Å². The average molecular weight is 392 g/mol. The molecule has 8 heteroatoms. The lowest BCUT2D eigenvalue weighted by Crippen LogP contribution is -2.17. The number of ether oxygens (including phenoxy) is 2. The minimum absolute atomic E-state index is 0.135. The molecule has 0 radical (unpaired) electrons. The first kappa shape index (κ1) is 19.8. The third-order valence-corrected chi connectivity index (χ3v) is 3.93. The van der Waals surface area contributed by atoms with Crippen molar-refractivity contribution in [3.05, 3.63) is 72.2 Å². The summed E-state index contributed by atoms with van der Waals surface area (Å²) in [5.74, 6) is 0.0774. The van der Waals surface area contributed by atoms with Gasteiger partial charge in [0.1, 0.15) is 23.6 Å². The van der Waals surface area contributed by atoms with E-state index in [1.54, 1.807) is 24.3 Å². The van der Waals surface area contributed by atoms with Crippen LogP contribution in [-0.2, 0) is 4.74 Å². The summed E-state index contributed by atoms with van der Waals surface area (Å²) in [6, 6.07) is 15.5. The molecule has 2 aromatic carbocycles. The maximum Gasteiger partial charge on any atom is 0.339 e. The quantitative estimate of drug-likeness (QED) is 0.592. The first-order valence-electron chi connectivity index (χ1n) is 8.92. The molecule has 1 amide bonds. The number of carbonyl (C=O) groups is 2. The summed E-state index contributed by atoms with van der Waals surface area (Å²) in [6.45, 7) is 2.42. The van der Waals surface area contributed by atoms with Gasteiger partial charge in [-0.3, -0.25) is 4.79 Å². The standard InChI is InChI=1S/C21H20N4O4/c1-3-29-18-11-7-6-10-16(18)24-19-12-17(22-13-23-19)20(26)25-15-9-5-4-8-14(15)21(27)28-2/h4-13H,3H2,1-2H3,(H,25,26)(H,22,23,24). The van der Waals surface area contributed by atoms with Gasteiger partial charge in [-0.05, 0) is 31.2 Å². The Morgan fingerprint density at radius 3 is 2.48 bits per heavy atom. The highest BCUT2D eigenvalue weighted by Gasteiger charge is 2.16. The molecule has 0 aliphatic heterocycles. The highest BCUT2D eigenvalue weighted by molar-refractivity contribution is 6.07. The molecule has 0 spiro atoms. The van der Waals surface area contributed by atoms with Gasteiger partial charge in [0.15, 0.2) is 0 Å². The molecule has 2 N–H and O–H groups in total. The number of anilines is 3. The molecule has 0 aliphatic carbocycles. The molecule has 1 heterocycles. The molecule has 0 fully saturated rings. The minimum Gasteiger partial charge on any atom is -0.492 e. The van der Waals surface area contributed by atoms with E-state index in [9.17, 15) is 9.59 Å². The van der Waals surface area contributed by atoms with Gasteiger partial charge in [-0.15, -0.1) is 0 Å². The third-order valence-electron chi connectivity index (χ3n) is 3.93. The van der Waals surface area contributed by atoms with E-state index in [-0.39, 0.29) is 11.3 Å². The zero-order valence-corrected chi connectivity index (χ0v) is 16.0. The Hall–Kier alpha value is -3.94. The van der Waals surface area contributed by atoms with E-state index in [2.05, 4.69) is 20.6 Å². The normalized spacial score (nSPS) is 10.1. The Balaban J connectivity index is 1.80. The third kappa shape index (κ3) is 4.86. The SMILES string of the molecule is CCOc1ccccc1Nc1cc(C(=O)Nc2ccccc2C(=O)OC)ncn1. The predicted molar refractivity (Wildman–Crippen MR) is 109 cm³/mol. The number of rotatable bonds is 7. The number of carbonyl (C=O) groups excluding carboxylic acids is 2. The van der Waals surface area contributed by atoms with E-state index in [1.807, 2.05) is 31.2 Å². The Kier molecular flexibility index (Phi) is 6.36. The summed E-state index contributed by atoms with van der Waals surface area (Å²) in [7, 11) is 1.28. The summed E-state index contributed by atoms with van der Waals surface area (Å²) >= 11 is 0. The Labute approximate surface area is 167 Å². The summed E-state index contributed by atoms with van der Waals surface area (Å²) in [5, 5.41) is 5.81. The van der Waals surface area contributed by atoms with Gasteiger partial charge in [0.05, 0.1) is 30.7 Å². The highest BCUT2D eigenvalue weighted by atomic mass is 16.5. The Morgan fingerprint density at radius 2 is 1.72 bits per heavy atom. The van der Waals surface area contributed by atoms with Crippen LogP contribution in [0.15, 0.2) is 60.9 Å². The van der Waals surface area contributed by atoms with Crippen LogP contribution < -0.4 is 15.4 Å². The number of hydrogen-bond donors (Lipinski definition) is 2. The first-order chi connectivity index (χ1) is 14.1. The van der Waals surface area contributed by atoms with Crippen LogP contribution >= 0.6 is 0 Å². The molecule has 0 aliphatic rings. The van der Waals surface area contributed by atoms with Gasteiger partial charge in [0.25, 0.3) is 5.91 Å². The van der Waals surface area contributed by atoms with Crippen LogP contribution in [0.25, 0.3) is 0 Å². The molecular weight excluding hydrogens is 372 g/mol. The number of nitrogens with zero attached hydrogens (tertiary/aromatic N) is 2. The monoisotopic (exact) mass is 392 g/mol. The second-order valence-corrected chi connectivity index (χ2v) is 5.83. The Morgan fingerprint density at radius 1 is 1.00 bits per heavy atom. The van der Waals surface area contributed by atoms with Crippen LogP contribution in [0.1, 0.15) is 27.8 Å². The van der Waals surface area contributed by atoms with Gasteiger partial charge >= 0.3 is 5.97 Å². The van der Waals surface area contributed by atoms with Gasteiger partial charge in [0.2, 0.25) is 0 Å². The van der Waals surface area contributed by atoms with E-state index in [4.69, 9.17) is 9.47 Å². The van der Waals surface area contributed by atoms with E-state index in [0.29, 0.717) is 23.9 Å². The summed E-state index contributed by atoms with van der Waals surface area (Å²) in [5.41, 5.74) is 1.44. The molecule has 3 rings (SSSR count). The molecule has 0 saturated carbocycles. The summed E-state index contributed by atoms with van der Waals surface area (Å²) < 4.78 is 10.3. The maximum absolute atomic E-state index is 12.6. The predicted octanol–water partition coefficient (Wildman–Crippen LogP) is 3.66. The van der Waals surface area contributed by atoms with Crippen molar-refractivity contribution in [3.8, 4) is 5.75 Å². The number of esters is 1. The fraction of sp³-hybridized carbons (Fsp3) is 0.143. The smallest absolute Gasteiger partial charge is 0.339 e. The first-order valence-corrected chi connectivity index (χ1v) is 8.92. The molecule has 0 bridgehead atoms. The van der Waals surface area contributed by atoms with Crippen LogP contribution in [0, 0.1) is 0 Å². The molecule has 3 aromatic rings. The van der Waals surface area contributed by atoms with Crippen LogP contribution in [0.3, 0.4) is 0 Å².